The van der Waals surface area contributed by atoms with Crippen LogP contribution in [0.5, 0.6) is 0 Å². The SMILES string of the molecule is CC1(C)CC/C=C/c2cccc3c2CN(C3)C(=O)O[C@@H]2C[C@H]3C(=O)N[C@]4(C(=O)NS(=O)(=O)C5CC5)C[C@H]4/C=C\CCCCC[C@H](NC(=O)OC1)C(=O)N3C2. The molecule has 1 aromatic carbocycles. The monoisotopic (exact) mass is 765 g/mol. The molecule has 3 N–H and O–H groups in total. The standard InChI is InChI=1S/C39H51N5O9S/c1-38(2)18-9-8-11-25-12-10-13-26-21-43(23-30(25)26)37(49)53-28-19-32-33(45)41-39(35(47)42-54(50,51)29-16-17-29)20-27(39)14-6-4-3-5-7-15-31(34(46)44(32)22-28)40-36(48)52-24-38/h6,8,10-14,27-29,31-32H,3-5,7,9,15-24H2,1-2H3,(H,40,48)(H,41,45)(H,42,47)/b11-8+,14-6-/t27-,28-,31+,32+,39-/m1/s1. The number of sulfonamides is 1. The first-order valence-electron chi connectivity index (χ1n) is 19.3. The van der Waals surface area contributed by atoms with Gasteiger partial charge in [0.05, 0.1) is 24.9 Å². The number of ether oxygens (including phenoxy) is 2. The van der Waals surface area contributed by atoms with E-state index in [0.717, 1.165) is 42.4 Å². The van der Waals surface area contributed by atoms with Crippen molar-refractivity contribution < 1.29 is 41.9 Å². The normalized spacial score (nSPS) is 31.7. The van der Waals surface area contributed by atoms with E-state index >= 15 is 0 Å². The van der Waals surface area contributed by atoms with E-state index in [9.17, 15) is 32.4 Å². The highest BCUT2D eigenvalue weighted by Gasteiger charge is 2.62. The molecule has 3 fully saturated rings. The molecule has 292 valence electrons. The van der Waals surface area contributed by atoms with E-state index < -0.39 is 74.8 Å². The van der Waals surface area contributed by atoms with Gasteiger partial charge in [-0.25, -0.2) is 18.0 Å². The van der Waals surface area contributed by atoms with Crippen LogP contribution in [0.4, 0.5) is 9.59 Å². The van der Waals surface area contributed by atoms with Crippen molar-refractivity contribution in [2.45, 2.75) is 127 Å². The van der Waals surface area contributed by atoms with Gasteiger partial charge in [0.1, 0.15) is 23.7 Å². The lowest BCUT2D eigenvalue weighted by atomic mass is 9.88. The Labute approximate surface area is 316 Å². The van der Waals surface area contributed by atoms with Crippen molar-refractivity contribution in [3.63, 3.8) is 0 Å². The Morgan fingerprint density at radius 3 is 2.61 bits per heavy atom. The van der Waals surface area contributed by atoms with Crippen LogP contribution in [0, 0.1) is 11.3 Å². The average Bonchev–Trinajstić information content (AvgIpc) is 4.01. The third-order valence-corrected chi connectivity index (χ3v) is 13.4. The summed E-state index contributed by atoms with van der Waals surface area (Å²) in [6, 6.07) is 3.75. The summed E-state index contributed by atoms with van der Waals surface area (Å²) in [5.74, 6) is -2.45. The van der Waals surface area contributed by atoms with Crippen molar-refractivity contribution in [2.75, 3.05) is 13.2 Å². The molecule has 6 aliphatic rings. The van der Waals surface area contributed by atoms with Crippen molar-refractivity contribution in [3.8, 4) is 0 Å². The summed E-state index contributed by atoms with van der Waals surface area (Å²) >= 11 is 0. The number of benzene rings is 1. The molecule has 15 heteroatoms. The predicted octanol–water partition coefficient (Wildman–Crippen LogP) is 4.04. The van der Waals surface area contributed by atoms with Gasteiger partial charge in [0, 0.05) is 18.9 Å². The van der Waals surface area contributed by atoms with Gasteiger partial charge in [0.15, 0.2) is 0 Å². The highest BCUT2D eigenvalue weighted by Crippen LogP contribution is 2.46. The minimum Gasteiger partial charge on any atom is -0.449 e. The van der Waals surface area contributed by atoms with Crippen LogP contribution in [0.25, 0.3) is 6.08 Å². The number of hydrogen-bond donors (Lipinski definition) is 3. The summed E-state index contributed by atoms with van der Waals surface area (Å²) in [5.41, 5.74) is 1.16. The molecule has 0 spiro atoms. The summed E-state index contributed by atoms with van der Waals surface area (Å²) in [6.07, 6.45) is 11.4. The van der Waals surface area contributed by atoms with E-state index in [1.54, 1.807) is 4.90 Å². The van der Waals surface area contributed by atoms with E-state index in [0.29, 0.717) is 45.2 Å². The van der Waals surface area contributed by atoms with Crippen LogP contribution in [0.1, 0.15) is 101 Å². The number of nitrogens with zero attached hydrogens (tertiary/aromatic N) is 2. The lowest BCUT2D eigenvalue weighted by Gasteiger charge is -2.30. The zero-order valence-electron chi connectivity index (χ0n) is 31.0. The third kappa shape index (κ3) is 8.30. The van der Waals surface area contributed by atoms with Crippen molar-refractivity contribution >= 4 is 46.0 Å². The molecule has 4 heterocycles. The minimum absolute atomic E-state index is 0.0535. The predicted molar refractivity (Wildman–Crippen MR) is 198 cm³/mol. The lowest BCUT2D eigenvalue weighted by Crippen LogP contribution is -2.58. The molecular weight excluding hydrogens is 715 g/mol. The molecule has 1 aromatic rings. The second-order valence-corrected chi connectivity index (χ2v) is 18.4. The molecule has 4 aliphatic heterocycles. The Kier molecular flexibility index (Phi) is 10.5. The van der Waals surface area contributed by atoms with Crippen LogP contribution >= 0.6 is 0 Å². The van der Waals surface area contributed by atoms with Gasteiger partial charge in [-0.2, -0.15) is 0 Å². The first kappa shape index (κ1) is 37.9. The number of amides is 5. The Morgan fingerprint density at radius 2 is 1.81 bits per heavy atom. The van der Waals surface area contributed by atoms with E-state index in [-0.39, 0.29) is 31.4 Å². The van der Waals surface area contributed by atoms with E-state index in [2.05, 4.69) is 27.5 Å². The number of hydrogen-bond acceptors (Lipinski definition) is 9. The maximum atomic E-state index is 14.5. The molecule has 5 bridgehead atoms. The van der Waals surface area contributed by atoms with Crippen LogP contribution in [0.15, 0.2) is 36.4 Å². The molecule has 0 unspecified atom stereocenters. The second-order valence-electron chi connectivity index (χ2n) is 16.5. The molecule has 54 heavy (non-hydrogen) atoms. The smallest absolute Gasteiger partial charge is 0.410 e. The number of allylic oxidation sites excluding steroid dienone is 2. The minimum atomic E-state index is -3.90. The number of rotatable bonds is 3. The van der Waals surface area contributed by atoms with Gasteiger partial charge in [-0.05, 0) is 73.5 Å². The van der Waals surface area contributed by atoms with Crippen LogP contribution in [-0.2, 0) is 47.0 Å². The van der Waals surface area contributed by atoms with Crippen molar-refractivity contribution in [3.05, 3.63) is 53.1 Å². The van der Waals surface area contributed by atoms with E-state index in [1.165, 1.54) is 4.90 Å². The summed E-state index contributed by atoms with van der Waals surface area (Å²) in [5, 5.41) is 4.97. The van der Waals surface area contributed by atoms with E-state index in [1.807, 2.05) is 44.2 Å². The molecule has 0 aromatic heterocycles. The fraction of sp³-hybridized carbons (Fsp3) is 0.615. The molecule has 14 nitrogen and oxygen atoms in total. The first-order chi connectivity index (χ1) is 25.7. The Hall–Kier alpha value is -4.40. The quantitative estimate of drug-likeness (QED) is 0.383. The molecule has 5 atom stereocenters. The van der Waals surface area contributed by atoms with Gasteiger partial charge in [-0.1, -0.05) is 69.2 Å². The van der Waals surface area contributed by atoms with Crippen LogP contribution in [0.2, 0.25) is 0 Å². The number of carbonyl (C=O) groups is 5. The fourth-order valence-electron chi connectivity index (χ4n) is 8.00. The Bertz CT molecular complexity index is 1860. The molecule has 0 radical (unpaired) electrons. The molecule has 1 saturated heterocycles. The van der Waals surface area contributed by atoms with Gasteiger partial charge in [0.2, 0.25) is 21.8 Å². The third-order valence-electron chi connectivity index (χ3n) is 11.6. The Balaban J connectivity index is 1.18. The van der Waals surface area contributed by atoms with E-state index in [4.69, 9.17) is 9.47 Å². The number of fused-ring (bicyclic) bond motifs is 4. The van der Waals surface area contributed by atoms with Gasteiger partial charge >= 0.3 is 12.2 Å². The van der Waals surface area contributed by atoms with Gasteiger partial charge in [0.25, 0.3) is 5.91 Å². The average molecular weight is 766 g/mol. The largest absolute Gasteiger partial charge is 0.449 e. The van der Waals surface area contributed by atoms with Gasteiger partial charge < -0.3 is 25.0 Å². The highest BCUT2D eigenvalue weighted by atomic mass is 32.2. The second kappa shape index (κ2) is 15.0. The zero-order valence-corrected chi connectivity index (χ0v) is 31.8. The zero-order chi connectivity index (χ0) is 38.3. The maximum Gasteiger partial charge on any atom is 0.410 e. The lowest BCUT2D eigenvalue weighted by molar-refractivity contribution is -0.141. The molecule has 2 aliphatic carbocycles. The molecule has 7 rings (SSSR count). The highest BCUT2D eigenvalue weighted by molar-refractivity contribution is 7.91. The number of nitrogens with one attached hydrogen (secondary N) is 3. The van der Waals surface area contributed by atoms with Crippen molar-refractivity contribution in [1.82, 2.24) is 25.2 Å². The number of carbonyl (C=O) groups excluding carboxylic acids is 5. The summed E-state index contributed by atoms with van der Waals surface area (Å²) in [7, 11) is -3.90. The Morgan fingerprint density at radius 1 is 1.00 bits per heavy atom. The van der Waals surface area contributed by atoms with Crippen molar-refractivity contribution in [1.29, 1.82) is 0 Å². The number of cyclic esters (lactones) is 1. The summed E-state index contributed by atoms with van der Waals surface area (Å²) < 4.78 is 39.5. The topological polar surface area (TPSA) is 181 Å². The fourth-order valence-corrected chi connectivity index (χ4v) is 9.36. The summed E-state index contributed by atoms with van der Waals surface area (Å²) in [6.45, 7) is 4.74. The van der Waals surface area contributed by atoms with Crippen LogP contribution < -0.4 is 15.4 Å². The van der Waals surface area contributed by atoms with Crippen LogP contribution in [0.3, 0.4) is 0 Å². The van der Waals surface area contributed by atoms with Gasteiger partial charge in [-0.3, -0.25) is 24.0 Å². The molecule has 2 saturated carbocycles. The van der Waals surface area contributed by atoms with Crippen molar-refractivity contribution in [2.24, 2.45) is 11.3 Å². The summed E-state index contributed by atoms with van der Waals surface area (Å²) in [4.78, 5) is 72.3. The first-order valence-corrected chi connectivity index (χ1v) is 20.8. The van der Waals surface area contributed by atoms with Crippen LogP contribution in [-0.4, -0.2) is 90.3 Å². The van der Waals surface area contributed by atoms with Gasteiger partial charge in [-0.15, -0.1) is 0 Å². The number of alkyl carbamates (subject to hydrolysis) is 1. The molecule has 5 amide bonds. The molecular formula is C39H51N5O9S. The maximum absolute atomic E-state index is 14.5.